The predicted molar refractivity (Wildman–Crippen MR) is 102 cm³/mol. The van der Waals surface area contributed by atoms with Gasteiger partial charge in [0, 0.05) is 13.6 Å². The van der Waals surface area contributed by atoms with Gasteiger partial charge in [-0.05, 0) is 30.7 Å². The van der Waals surface area contributed by atoms with Crippen LogP contribution in [-0.4, -0.2) is 55.7 Å². The molecule has 2 heterocycles. The van der Waals surface area contributed by atoms with Gasteiger partial charge in [-0.25, -0.2) is 13.6 Å². The van der Waals surface area contributed by atoms with Crippen molar-refractivity contribution in [1.29, 1.82) is 0 Å². The van der Waals surface area contributed by atoms with Gasteiger partial charge in [0.05, 0.1) is 19.8 Å². The van der Waals surface area contributed by atoms with Crippen LogP contribution < -0.4 is 21.3 Å². The topological polar surface area (TPSA) is 124 Å². The summed E-state index contributed by atoms with van der Waals surface area (Å²) in [6, 6.07) is 3.11. The van der Waals surface area contributed by atoms with Crippen LogP contribution in [0.15, 0.2) is 27.8 Å². The van der Waals surface area contributed by atoms with E-state index in [1.54, 1.807) is 0 Å². The lowest BCUT2D eigenvalue weighted by Crippen LogP contribution is -2.39. The summed E-state index contributed by atoms with van der Waals surface area (Å²) in [5, 5.41) is 19.4. The molecule has 0 unspecified atom stereocenters. The molecule has 0 aliphatic heterocycles. The number of benzene rings is 1. The average molecular weight is 422 g/mol. The average Bonchev–Trinajstić information content (AvgIpc) is 2.74. The molecule has 0 aliphatic rings. The summed E-state index contributed by atoms with van der Waals surface area (Å²) >= 11 is 0. The number of ether oxygens (including phenoxy) is 1. The van der Waals surface area contributed by atoms with Crippen LogP contribution in [-0.2, 0) is 13.6 Å². The Morgan fingerprint density at radius 1 is 1.17 bits per heavy atom. The minimum Gasteiger partial charge on any atom is -0.462 e. The number of aliphatic hydroxyl groups is 1. The SMILES string of the molecule is Cn1c(=O)c2nc(OCCCNCCO)nnc2n(Cc2ccc(F)c(F)c2)c1=O. The summed E-state index contributed by atoms with van der Waals surface area (Å²) in [4.78, 5) is 29.1. The van der Waals surface area contributed by atoms with Gasteiger partial charge in [0.25, 0.3) is 5.56 Å². The third-order valence-corrected chi connectivity index (χ3v) is 4.27. The first-order valence-corrected chi connectivity index (χ1v) is 9.15. The molecule has 0 spiro atoms. The Morgan fingerprint density at radius 2 is 1.97 bits per heavy atom. The zero-order valence-corrected chi connectivity index (χ0v) is 16.1. The van der Waals surface area contributed by atoms with Gasteiger partial charge in [0.15, 0.2) is 22.8 Å². The number of halogens is 2. The van der Waals surface area contributed by atoms with E-state index in [4.69, 9.17) is 9.84 Å². The molecule has 3 aromatic rings. The maximum atomic E-state index is 13.5. The number of aliphatic hydroxyl groups excluding tert-OH is 1. The van der Waals surface area contributed by atoms with Crippen molar-refractivity contribution in [2.45, 2.75) is 13.0 Å². The molecule has 0 fully saturated rings. The van der Waals surface area contributed by atoms with Crippen molar-refractivity contribution in [2.75, 3.05) is 26.3 Å². The zero-order valence-electron chi connectivity index (χ0n) is 16.1. The van der Waals surface area contributed by atoms with Gasteiger partial charge in [0.1, 0.15) is 0 Å². The molecule has 30 heavy (non-hydrogen) atoms. The summed E-state index contributed by atoms with van der Waals surface area (Å²) in [5.74, 6) is -2.06. The van der Waals surface area contributed by atoms with E-state index >= 15 is 0 Å². The van der Waals surface area contributed by atoms with Crippen molar-refractivity contribution in [3.63, 3.8) is 0 Å². The Bertz CT molecular complexity index is 1160. The maximum absolute atomic E-state index is 13.5. The summed E-state index contributed by atoms with van der Waals surface area (Å²) in [6.45, 7) is 1.21. The fourth-order valence-corrected chi connectivity index (χ4v) is 2.74. The molecule has 0 saturated carbocycles. The Labute approximate surface area is 168 Å². The Morgan fingerprint density at radius 3 is 2.70 bits per heavy atom. The smallest absolute Gasteiger partial charge is 0.336 e. The summed E-state index contributed by atoms with van der Waals surface area (Å²) in [5.41, 5.74) is -1.31. The van der Waals surface area contributed by atoms with Gasteiger partial charge in [-0.15, -0.1) is 5.10 Å². The number of aromatic nitrogens is 5. The van der Waals surface area contributed by atoms with E-state index in [-0.39, 0.29) is 36.9 Å². The molecule has 0 amide bonds. The maximum Gasteiger partial charge on any atom is 0.336 e. The highest BCUT2D eigenvalue weighted by molar-refractivity contribution is 5.68. The highest BCUT2D eigenvalue weighted by Crippen LogP contribution is 2.12. The number of rotatable bonds is 9. The molecule has 10 nitrogen and oxygen atoms in total. The van der Waals surface area contributed by atoms with Gasteiger partial charge in [-0.2, -0.15) is 4.98 Å². The van der Waals surface area contributed by atoms with Crippen LogP contribution in [0.5, 0.6) is 6.01 Å². The Balaban J connectivity index is 1.89. The van der Waals surface area contributed by atoms with E-state index in [1.807, 2.05) is 0 Å². The summed E-state index contributed by atoms with van der Waals surface area (Å²) in [7, 11) is 1.28. The van der Waals surface area contributed by atoms with Crippen LogP contribution >= 0.6 is 0 Å². The third-order valence-electron chi connectivity index (χ3n) is 4.27. The first kappa shape index (κ1) is 21.5. The molecule has 0 saturated heterocycles. The summed E-state index contributed by atoms with van der Waals surface area (Å²) < 4.78 is 34.0. The molecule has 0 atom stereocenters. The van der Waals surface area contributed by atoms with Gasteiger partial charge in [-0.1, -0.05) is 11.2 Å². The largest absolute Gasteiger partial charge is 0.462 e. The van der Waals surface area contributed by atoms with Crippen LogP contribution in [0.1, 0.15) is 12.0 Å². The van der Waals surface area contributed by atoms with E-state index < -0.39 is 22.9 Å². The second kappa shape index (κ2) is 9.50. The summed E-state index contributed by atoms with van der Waals surface area (Å²) in [6.07, 6.45) is 0.606. The predicted octanol–water partition coefficient (Wildman–Crippen LogP) is -0.438. The monoisotopic (exact) mass is 422 g/mol. The van der Waals surface area contributed by atoms with E-state index in [1.165, 1.54) is 13.1 Å². The second-order valence-corrected chi connectivity index (χ2v) is 6.42. The molecule has 2 aromatic heterocycles. The van der Waals surface area contributed by atoms with Crippen LogP contribution in [0.25, 0.3) is 11.2 Å². The third kappa shape index (κ3) is 4.66. The first-order chi connectivity index (χ1) is 14.4. The number of fused-ring (bicyclic) bond motifs is 1. The van der Waals surface area contributed by atoms with Crippen molar-refractivity contribution >= 4 is 11.2 Å². The fourth-order valence-electron chi connectivity index (χ4n) is 2.74. The van der Waals surface area contributed by atoms with Crippen molar-refractivity contribution in [3.8, 4) is 6.01 Å². The quantitative estimate of drug-likeness (QED) is 0.445. The molecule has 3 rings (SSSR count). The highest BCUT2D eigenvalue weighted by atomic mass is 19.2. The van der Waals surface area contributed by atoms with Gasteiger partial charge >= 0.3 is 11.7 Å². The molecule has 0 bridgehead atoms. The van der Waals surface area contributed by atoms with Gasteiger partial charge < -0.3 is 15.2 Å². The molecule has 0 aliphatic carbocycles. The lowest BCUT2D eigenvalue weighted by atomic mass is 10.2. The van der Waals surface area contributed by atoms with E-state index in [0.717, 1.165) is 21.3 Å². The fraction of sp³-hybridized carbons (Fsp3) is 0.389. The first-order valence-electron chi connectivity index (χ1n) is 9.15. The van der Waals surface area contributed by atoms with E-state index in [0.29, 0.717) is 25.1 Å². The molecular weight excluding hydrogens is 402 g/mol. The lowest BCUT2D eigenvalue weighted by molar-refractivity contribution is 0.271. The van der Waals surface area contributed by atoms with Crippen molar-refractivity contribution < 1.29 is 18.6 Å². The molecule has 0 radical (unpaired) electrons. The number of nitrogens with zero attached hydrogens (tertiary/aromatic N) is 5. The minimum absolute atomic E-state index is 0.0358. The lowest BCUT2D eigenvalue weighted by Gasteiger charge is -2.11. The highest BCUT2D eigenvalue weighted by Gasteiger charge is 2.16. The number of nitrogens with one attached hydrogen (secondary N) is 1. The minimum atomic E-state index is -1.05. The zero-order chi connectivity index (χ0) is 21.7. The number of hydrogen-bond donors (Lipinski definition) is 2. The van der Waals surface area contributed by atoms with Crippen molar-refractivity contribution in [3.05, 3.63) is 56.2 Å². The molecule has 1 aromatic carbocycles. The van der Waals surface area contributed by atoms with Gasteiger partial charge in [-0.3, -0.25) is 13.9 Å². The molecule has 12 heteroatoms. The van der Waals surface area contributed by atoms with Crippen molar-refractivity contribution in [2.24, 2.45) is 7.05 Å². The van der Waals surface area contributed by atoms with Crippen LogP contribution in [0.2, 0.25) is 0 Å². The van der Waals surface area contributed by atoms with Gasteiger partial charge in [0.2, 0.25) is 0 Å². The standard InChI is InChI=1S/C18H20F2N6O4/c1-25-16(28)14-15(23-24-17(22-14)30-8-2-5-21-6-7-27)26(18(25)29)10-11-3-4-12(19)13(20)9-11/h3-4,9,21,27H,2,5-8,10H2,1H3. The van der Waals surface area contributed by atoms with Crippen LogP contribution in [0.3, 0.4) is 0 Å². The molecular formula is C18H20F2N6O4. The second-order valence-electron chi connectivity index (χ2n) is 6.42. The normalized spacial score (nSPS) is 11.2. The molecule has 2 N–H and O–H groups in total. The Hall–Kier alpha value is -3.25. The van der Waals surface area contributed by atoms with Crippen molar-refractivity contribution in [1.82, 2.24) is 29.6 Å². The van der Waals surface area contributed by atoms with E-state index in [2.05, 4.69) is 20.5 Å². The number of hydrogen-bond acceptors (Lipinski definition) is 8. The van der Waals surface area contributed by atoms with Crippen LogP contribution in [0, 0.1) is 11.6 Å². The Kier molecular flexibility index (Phi) is 6.79. The van der Waals surface area contributed by atoms with Crippen LogP contribution in [0.4, 0.5) is 8.78 Å². The van der Waals surface area contributed by atoms with E-state index in [9.17, 15) is 18.4 Å². The molecule has 160 valence electrons.